The molecule has 1 saturated heterocycles. The molecule has 6 heteroatoms. The number of unbranched alkanes of at least 4 members (excludes halogenated alkanes) is 1. The highest BCUT2D eigenvalue weighted by atomic mass is 16.1. The van der Waals surface area contributed by atoms with Crippen molar-refractivity contribution in [3.63, 3.8) is 0 Å². The number of amides is 1. The van der Waals surface area contributed by atoms with Gasteiger partial charge in [0.1, 0.15) is 6.07 Å². The molecule has 1 fully saturated rings. The van der Waals surface area contributed by atoms with Gasteiger partial charge in [0.15, 0.2) is 11.5 Å². The van der Waals surface area contributed by atoms with Gasteiger partial charge in [0.05, 0.1) is 5.92 Å². The van der Waals surface area contributed by atoms with E-state index in [1.807, 2.05) is 4.90 Å². The summed E-state index contributed by atoms with van der Waals surface area (Å²) in [4.78, 5) is 22.5. The lowest BCUT2D eigenvalue weighted by Crippen LogP contribution is -2.43. The zero-order valence-corrected chi connectivity index (χ0v) is 12.4. The van der Waals surface area contributed by atoms with Gasteiger partial charge >= 0.3 is 0 Å². The number of nitrogens with zero attached hydrogens (tertiary/aromatic N) is 4. The van der Waals surface area contributed by atoms with Gasteiger partial charge in [-0.05, 0) is 19.3 Å². The highest BCUT2D eigenvalue weighted by Gasteiger charge is 2.27. The minimum Gasteiger partial charge on any atom is -0.356 e. The molecule has 1 aliphatic heterocycles. The summed E-state index contributed by atoms with van der Waals surface area (Å²) < 4.78 is 0. The normalized spacial score (nSPS) is 18.1. The third-order valence-corrected chi connectivity index (χ3v) is 3.71. The zero-order valence-electron chi connectivity index (χ0n) is 12.4. The van der Waals surface area contributed by atoms with Gasteiger partial charge < -0.3 is 10.2 Å². The van der Waals surface area contributed by atoms with Crippen molar-refractivity contribution in [1.82, 2.24) is 15.3 Å². The topological polar surface area (TPSA) is 81.9 Å². The van der Waals surface area contributed by atoms with E-state index in [1.54, 1.807) is 6.20 Å². The lowest BCUT2D eigenvalue weighted by Gasteiger charge is -2.32. The number of hydrogen-bond donors (Lipinski definition) is 1. The Morgan fingerprint density at radius 2 is 2.33 bits per heavy atom. The summed E-state index contributed by atoms with van der Waals surface area (Å²) >= 11 is 0. The Morgan fingerprint density at radius 1 is 1.52 bits per heavy atom. The fourth-order valence-corrected chi connectivity index (χ4v) is 2.56. The number of aromatic nitrogens is 2. The molecule has 1 N–H and O–H groups in total. The molecular formula is C15H21N5O. The molecule has 0 saturated carbocycles. The Kier molecular flexibility index (Phi) is 5.50. The number of nitrogens with one attached hydrogen (secondary N) is 1. The molecule has 1 aromatic rings. The number of rotatable bonds is 5. The van der Waals surface area contributed by atoms with Gasteiger partial charge in [-0.15, -0.1) is 0 Å². The molecule has 1 amide bonds. The van der Waals surface area contributed by atoms with E-state index in [-0.39, 0.29) is 11.8 Å². The van der Waals surface area contributed by atoms with Crippen molar-refractivity contribution in [3.05, 3.63) is 18.1 Å². The predicted molar refractivity (Wildman–Crippen MR) is 79.6 cm³/mol. The summed E-state index contributed by atoms with van der Waals surface area (Å²) in [5.41, 5.74) is 0.324. The summed E-state index contributed by atoms with van der Waals surface area (Å²) in [5, 5.41) is 12.1. The van der Waals surface area contributed by atoms with Crippen LogP contribution in [0.2, 0.25) is 0 Å². The predicted octanol–water partition coefficient (Wildman–Crippen LogP) is 1.48. The van der Waals surface area contributed by atoms with Crippen molar-refractivity contribution >= 4 is 11.7 Å². The van der Waals surface area contributed by atoms with Gasteiger partial charge in [0.2, 0.25) is 5.91 Å². The van der Waals surface area contributed by atoms with Crippen LogP contribution in [0, 0.1) is 17.2 Å². The van der Waals surface area contributed by atoms with Crippen LogP contribution in [0.3, 0.4) is 0 Å². The molecular weight excluding hydrogens is 266 g/mol. The Bertz CT molecular complexity index is 525. The minimum atomic E-state index is -0.0378. The Labute approximate surface area is 125 Å². The summed E-state index contributed by atoms with van der Waals surface area (Å²) in [5.74, 6) is 0.658. The molecule has 0 aliphatic carbocycles. The van der Waals surface area contributed by atoms with Crippen LogP contribution in [0.4, 0.5) is 5.82 Å². The van der Waals surface area contributed by atoms with Crippen molar-refractivity contribution < 1.29 is 4.79 Å². The maximum atomic E-state index is 12.2. The molecule has 0 radical (unpaired) electrons. The monoisotopic (exact) mass is 287 g/mol. The first-order valence-corrected chi connectivity index (χ1v) is 7.50. The van der Waals surface area contributed by atoms with Crippen molar-refractivity contribution in [3.8, 4) is 6.07 Å². The second kappa shape index (κ2) is 7.58. The van der Waals surface area contributed by atoms with E-state index in [0.29, 0.717) is 18.1 Å². The first-order valence-electron chi connectivity index (χ1n) is 7.50. The molecule has 21 heavy (non-hydrogen) atoms. The highest BCUT2D eigenvalue weighted by molar-refractivity contribution is 5.79. The van der Waals surface area contributed by atoms with Crippen LogP contribution in [0.5, 0.6) is 0 Å². The van der Waals surface area contributed by atoms with Crippen LogP contribution in [-0.2, 0) is 4.79 Å². The van der Waals surface area contributed by atoms with E-state index >= 15 is 0 Å². The highest BCUT2D eigenvalue weighted by Crippen LogP contribution is 2.23. The molecule has 0 aromatic carbocycles. The van der Waals surface area contributed by atoms with Crippen LogP contribution < -0.4 is 10.2 Å². The van der Waals surface area contributed by atoms with Crippen LogP contribution in [0.1, 0.15) is 38.3 Å². The van der Waals surface area contributed by atoms with E-state index in [0.717, 1.165) is 38.8 Å². The maximum absolute atomic E-state index is 12.2. The van der Waals surface area contributed by atoms with E-state index < -0.39 is 0 Å². The van der Waals surface area contributed by atoms with E-state index in [4.69, 9.17) is 5.26 Å². The fraction of sp³-hybridized carbons (Fsp3) is 0.600. The SMILES string of the molecule is CCCCNC(=O)C1CCCN(c2nccnc2C#N)C1. The maximum Gasteiger partial charge on any atom is 0.224 e. The summed E-state index contributed by atoms with van der Waals surface area (Å²) in [6.07, 6.45) is 6.99. The summed E-state index contributed by atoms with van der Waals surface area (Å²) in [6, 6.07) is 2.06. The van der Waals surface area contributed by atoms with Gasteiger partial charge in [-0.1, -0.05) is 13.3 Å². The second-order valence-electron chi connectivity index (χ2n) is 5.27. The van der Waals surface area contributed by atoms with Crippen molar-refractivity contribution in [1.29, 1.82) is 5.26 Å². The molecule has 1 atom stereocenters. The molecule has 0 spiro atoms. The molecule has 1 aromatic heterocycles. The molecule has 6 nitrogen and oxygen atoms in total. The quantitative estimate of drug-likeness (QED) is 0.829. The summed E-state index contributed by atoms with van der Waals surface area (Å²) in [6.45, 7) is 4.25. The third-order valence-electron chi connectivity index (χ3n) is 3.71. The number of carbonyl (C=O) groups excluding carboxylic acids is 1. The first-order chi connectivity index (χ1) is 10.3. The van der Waals surface area contributed by atoms with Crippen LogP contribution in [0.25, 0.3) is 0 Å². The van der Waals surface area contributed by atoms with Crippen molar-refractivity contribution in [2.24, 2.45) is 5.92 Å². The van der Waals surface area contributed by atoms with Gasteiger partial charge in [0, 0.05) is 32.0 Å². The molecule has 112 valence electrons. The molecule has 2 heterocycles. The summed E-state index contributed by atoms with van der Waals surface area (Å²) in [7, 11) is 0. The largest absolute Gasteiger partial charge is 0.356 e. The Balaban J connectivity index is 2.00. The van der Waals surface area contributed by atoms with E-state index in [2.05, 4.69) is 28.3 Å². The third kappa shape index (κ3) is 3.91. The van der Waals surface area contributed by atoms with Gasteiger partial charge in [-0.3, -0.25) is 4.79 Å². The number of carbonyl (C=O) groups is 1. The Hall–Kier alpha value is -2.16. The van der Waals surface area contributed by atoms with Crippen LogP contribution in [-0.4, -0.2) is 35.5 Å². The zero-order chi connectivity index (χ0) is 15.1. The van der Waals surface area contributed by atoms with Gasteiger partial charge in [-0.25, -0.2) is 9.97 Å². The van der Waals surface area contributed by atoms with E-state index in [9.17, 15) is 4.79 Å². The number of nitriles is 1. The number of anilines is 1. The average molecular weight is 287 g/mol. The number of hydrogen-bond acceptors (Lipinski definition) is 5. The van der Waals surface area contributed by atoms with Crippen LogP contribution in [0.15, 0.2) is 12.4 Å². The number of piperidine rings is 1. The first kappa shape index (κ1) is 15.2. The molecule has 2 rings (SSSR count). The molecule has 1 unspecified atom stereocenters. The van der Waals surface area contributed by atoms with E-state index in [1.165, 1.54) is 6.20 Å². The Morgan fingerprint density at radius 3 is 3.10 bits per heavy atom. The van der Waals surface area contributed by atoms with Gasteiger partial charge in [-0.2, -0.15) is 5.26 Å². The average Bonchev–Trinajstić information content (AvgIpc) is 2.55. The van der Waals surface area contributed by atoms with Crippen molar-refractivity contribution in [2.75, 3.05) is 24.5 Å². The van der Waals surface area contributed by atoms with Crippen molar-refractivity contribution in [2.45, 2.75) is 32.6 Å². The fourth-order valence-electron chi connectivity index (χ4n) is 2.56. The van der Waals surface area contributed by atoms with Gasteiger partial charge in [0.25, 0.3) is 0 Å². The minimum absolute atomic E-state index is 0.0378. The molecule has 0 bridgehead atoms. The second-order valence-corrected chi connectivity index (χ2v) is 5.27. The lowest BCUT2D eigenvalue weighted by molar-refractivity contribution is -0.125. The lowest BCUT2D eigenvalue weighted by atomic mass is 9.97. The standard InChI is InChI=1S/C15H21N5O/c1-2-3-6-19-15(21)12-5-4-9-20(11-12)14-13(10-16)17-7-8-18-14/h7-8,12H,2-6,9,11H2,1H3,(H,19,21). The smallest absolute Gasteiger partial charge is 0.224 e. The molecule has 1 aliphatic rings. The van der Waals surface area contributed by atoms with Crippen LogP contribution >= 0.6 is 0 Å².